The van der Waals surface area contributed by atoms with Gasteiger partial charge in [0.2, 0.25) is 0 Å². The Labute approximate surface area is 428 Å². The van der Waals surface area contributed by atoms with Crippen molar-refractivity contribution < 1.29 is 9.47 Å². The number of aromatic nitrogens is 2. The van der Waals surface area contributed by atoms with Gasteiger partial charge in [0.25, 0.3) is 13.4 Å². The first-order valence-electron chi connectivity index (χ1n) is 25.3. The second-order valence-corrected chi connectivity index (χ2v) is 19.4. The van der Waals surface area contributed by atoms with E-state index in [1.54, 1.807) is 0 Å². The molecule has 344 valence electrons. The van der Waals surface area contributed by atoms with Gasteiger partial charge in [-0.2, -0.15) is 0 Å². The summed E-state index contributed by atoms with van der Waals surface area (Å²) in [6.45, 7) is -0.397. The quantitative estimate of drug-likeness (QED) is 0.155. The van der Waals surface area contributed by atoms with E-state index in [4.69, 9.17) is 14.5 Å². The minimum Gasteiger partial charge on any atom is -0.458 e. The summed E-state index contributed by atoms with van der Waals surface area (Å²) < 4.78 is 16.7. The Kier molecular flexibility index (Phi) is 8.79. The van der Waals surface area contributed by atoms with Gasteiger partial charge >= 0.3 is 0 Å². The molecule has 0 atom stereocenters. The number of benzene rings is 10. The maximum Gasteiger partial charge on any atom is 0.258 e. The van der Waals surface area contributed by atoms with Crippen molar-refractivity contribution >= 4 is 119 Å². The number of hydrogen-bond acceptors (Lipinski definition) is 6. The molecule has 0 unspecified atom stereocenters. The predicted octanol–water partition coefficient (Wildman–Crippen LogP) is 12.5. The second-order valence-electron chi connectivity index (χ2n) is 19.4. The van der Waals surface area contributed by atoms with Gasteiger partial charge in [-0.05, 0) is 118 Å². The van der Waals surface area contributed by atoms with Crippen LogP contribution in [0.25, 0.3) is 27.5 Å². The number of ether oxygens (including phenoxy) is 2. The molecule has 0 fully saturated rings. The van der Waals surface area contributed by atoms with Crippen LogP contribution in [0.3, 0.4) is 0 Å². The van der Waals surface area contributed by atoms with Crippen molar-refractivity contribution in [3.63, 3.8) is 0 Å². The second kappa shape index (κ2) is 15.9. The van der Waals surface area contributed by atoms with Crippen LogP contribution in [0.15, 0.2) is 249 Å². The van der Waals surface area contributed by atoms with E-state index in [-0.39, 0.29) is 13.4 Å². The van der Waals surface area contributed by atoms with Crippen molar-refractivity contribution in [2.24, 2.45) is 0 Å². The van der Waals surface area contributed by atoms with Crippen LogP contribution in [0.1, 0.15) is 0 Å². The Morgan fingerprint density at radius 1 is 0.338 bits per heavy atom. The number of pyridine rings is 1. The fourth-order valence-electron chi connectivity index (χ4n) is 12.4. The topological polar surface area (TPSA) is 46.0 Å². The Hall–Kier alpha value is -9.72. The molecule has 0 saturated carbocycles. The lowest BCUT2D eigenvalue weighted by Gasteiger charge is -2.43. The molecule has 74 heavy (non-hydrogen) atoms. The highest BCUT2D eigenvalue weighted by molar-refractivity contribution is 7.02. The van der Waals surface area contributed by atoms with Gasteiger partial charge in [-0.25, -0.2) is 4.98 Å². The van der Waals surface area contributed by atoms with Crippen LogP contribution in [0.5, 0.6) is 23.0 Å². The molecule has 0 radical (unpaired) electrons. The van der Waals surface area contributed by atoms with Crippen molar-refractivity contribution in [1.29, 1.82) is 0 Å². The maximum absolute atomic E-state index is 7.14. The molecule has 4 aliphatic heterocycles. The summed E-state index contributed by atoms with van der Waals surface area (Å²) in [5.74, 6) is 5.05. The Bertz CT molecular complexity index is 4150. The Balaban J connectivity index is 1.00. The standard InChI is InChI=1S/C65H41B2N5O2/c1-5-21-42(22-6-1)69(43-23-7-2-8-24-43)46-37-56-62-60(39-46)73-58-35-19-15-31-50(58)66(62)52-41-53-65(68-64(52)71(56)44-25-9-3-10-26-44)72(45-27-11-4-12-28-45)57-38-47(40-61-63(57)67(53)51-32-16-20-36-59(51)74-61)70-54-33-17-13-29-48(54)49-30-14-18-34-55(49)70/h1-41H. The molecular formula is C65H41B2N5O2. The molecular weight excluding hydrogens is 904 g/mol. The third kappa shape index (κ3) is 5.95. The highest BCUT2D eigenvalue weighted by atomic mass is 16.5. The Morgan fingerprint density at radius 3 is 1.30 bits per heavy atom. The summed E-state index contributed by atoms with van der Waals surface area (Å²) in [6, 6.07) is 88.7. The number of hydrogen-bond donors (Lipinski definition) is 0. The highest BCUT2D eigenvalue weighted by Gasteiger charge is 2.48. The predicted molar refractivity (Wildman–Crippen MR) is 305 cm³/mol. The van der Waals surface area contributed by atoms with E-state index in [1.807, 2.05) is 0 Å². The van der Waals surface area contributed by atoms with Crippen LogP contribution in [-0.2, 0) is 0 Å². The summed E-state index contributed by atoms with van der Waals surface area (Å²) >= 11 is 0. The van der Waals surface area contributed by atoms with Gasteiger partial charge in [-0.3, -0.25) is 9.80 Å². The first-order valence-corrected chi connectivity index (χ1v) is 25.3. The van der Waals surface area contributed by atoms with Crippen LogP contribution in [-0.4, -0.2) is 23.0 Å². The summed E-state index contributed by atoms with van der Waals surface area (Å²) in [4.78, 5) is 13.2. The van der Waals surface area contributed by atoms with E-state index in [2.05, 4.69) is 268 Å². The van der Waals surface area contributed by atoms with Crippen molar-refractivity contribution in [2.45, 2.75) is 0 Å². The van der Waals surface area contributed by atoms with Crippen LogP contribution in [0.2, 0.25) is 0 Å². The number of fused-ring (bicyclic) bond motifs is 11. The smallest absolute Gasteiger partial charge is 0.258 e. The van der Waals surface area contributed by atoms with E-state index in [0.29, 0.717) is 0 Å². The van der Waals surface area contributed by atoms with Crippen molar-refractivity contribution in [3.8, 4) is 28.7 Å². The summed E-state index contributed by atoms with van der Waals surface area (Å²) in [5, 5.41) is 2.41. The fourth-order valence-corrected chi connectivity index (χ4v) is 12.4. The number of para-hydroxylation sites is 8. The van der Waals surface area contributed by atoms with Gasteiger partial charge in [-0.15, -0.1) is 0 Å². The number of anilines is 9. The molecule has 4 aliphatic rings. The third-order valence-electron chi connectivity index (χ3n) is 15.4. The van der Waals surface area contributed by atoms with Gasteiger partial charge in [0.1, 0.15) is 34.6 Å². The van der Waals surface area contributed by atoms with E-state index < -0.39 is 0 Å². The molecule has 12 aromatic rings. The molecule has 10 aromatic carbocycles. The summed E-state index contributed by atoms with van der Waals surface area (Å²) in [5.41, 5.74) is 17.0. The summed E-state index contributed by atoms with van der Waals surface area (Å²) in [6.07, 6.45) is 0. The first-order chi connectivity index (χ1) is 36.7. The van der Waals surface area contributed by atoms with Gasteiger partial charge < -0.3 is 18.9 Å². The maximum atomic E-state index is 7.14. The number of rotatable bonds is 6. The average Bonchev–Trinajstić information content (AvgIpc) is 3.80. The molecule has 0 N–H and O–H groups in total. The van der Waals surface area contributed by atoms with Gasteiger partial charge in [0.15, 0.2) is 0 Å². The first kappa shape index (κ1) is 41.0. The van der Waals surface area contributed by atoms with E-state index in [9.17, 15) is 0 Å². The lowest BCUT2D eigenvalue weighted by molar-refractivity contribution is 0.487. The zero-order valence-electron chi connectivity index (χ0n) is 39.9. The van der Waals surface area contributed by atoms with Crippen LogP contribution in [0.4, 0.5) is 51.4 Å². The molecule has 0 bridgehead atoms. The molecule has 9 heteroatoms. The van der Waals surface area contributed by atoms with Gasteiger partial charge in [-0.1, -0.05) is 152 Å². The SMILES string of the molecule is c1ccc(N(c2ccccc2)c2cc3c4c(c2)N(c2ccccc2)c2nc5c(cc2B4c2ccccc2O3)B2c3ccccc3Oc3cc(-n4c6ccccc6c6ccccc64)cc(c32)N5c2ccccc2)cc1. The van der Waals surface area contributed by atoms with E-state index >= 15 is 0 Å². The molecule has 6 heterocycles. The van der Waals surface area contributed by atoms with E-state index in [0.717, 1.165) is 124 Å². The monoisotopic (exact) mass is 945 g/mol. The Morgan fingerprint density at radius 2 is 0.770 bits per heavy atom. The molecule has 0 spiro atoms. The lowest BCUT2D eigenvalue weighted by Crippen LogP contribution is -2.64. The van der Waals surface area contributed by atoms with Crippen LogP contribution >= 0.6 is 0 Å². The van der Waals surface area contributed by atoms with Crippen molar-refractivity contribution in [1.82, 2.24) is 9.55 Å². The third-order valence-corrected chi connectivity index (χ3v) is 15.4. The van der Waals surface area contributed by atoms with Gasteiger partial charge in [0, 0.05) is 57.0 Å². The minimum atomic E-state index is -0.201. The molecule has 7 nitrogen and oxygen atoms in total. The zero-order chi connectivity index (χ0) is 48.4. The minimum absolute atomic E-state index is 0.196. The molecule has 0 amide bonds. The molecule has 0 aliphatic carbocycles. The normalized spacial score (nSPS) is 13.2. The fraction of sp³-hybridized carbons (Fsp3) is 0. The molecule has 0 saturated heterocycles. The van der Waals surface area contributed by atoms with E-state index in [1.165, 1.54) is 10.8 Å². The summed E-state index contributed by atoms with van der Waals surface area (Å²) in [7, 11) is 0. The zero-order valence-corrected chi connectivity index (χ0v) is 39.9. The highest BCUT2D eigenvalue weighted by Crippen LogP contribution is 2.48. The number of nitrogens with zero attached hydrogens (tertiary/aromatic N) is 5. The molecule has 2 aromatic heterocycles. The van der Waals surface area contributed by atoms with Crippen LogP contribution < -0.4 is 57.0 Å². The average molecular weight is 946 g/mol. The molecule has 16 rings (SSSR count). The largest absolute Gasteiger partial charge is 0.458 e. The van der Waals surface area contributed by atoms with Gasteiger partial charge in [0.05, 0.1) is 22.4 Å². The van der Waals surface area contributed by atoms with Crippen molar-refractivity contribution in [2.75, 3.05) is 14.7 Å². The van der Waals surface area contributed by atoms with Crippen LogP contribution in [0, 0.1) is 0 Å². The lowest BCUT2D eigenvalue weighted by atomic mass is 9.31. The van der Waals surface area contributed by atoms with Crippen molar-refractivity contribution in [3.05, 3.63) is 249 Å².